The van der Waals surface area contributed by atoms with Gasteiger partial charge in [-0.05, 0) is 36.6 Å². The van der Waals surface area contributed by atoms with Crippen molar-refractivity contribution < 1.29 is 19.1 Å². The number of carbonyl (C=O) groups is 2. The highest BCUT2D eigenvalue weighted by Gasteiger charge is 2.24. The van der Waals surface area contributed by atoms with Crippen LogP contribution in [0.1, 0.15) is 32.3 Å². The number of hydrogen-bond donors (Lipinski definition) is 1. The van der Waals surface area contributed by atoms with Gasteiger partial charge in [0.15, 0.2) is 0 Å². The predicted molar refractivity (Wildman–Crippen MR) is 111 cm³/mol. The fraction of sp³-hybridized carbons (Fsp3) is 0.619. The minimum Gasteiger partial charge on any atom is -0.377 e. The Morgan fingerprint density at radius 3 is 2.64 bits per heavy atom. The Bertz CT molecular complexity index is 670. The summed E-state index contributed by atoms with van der Waals surface area (Å²) in [7, 11) is 5.45. The smallest absolute Gasteiger partial charge is 0.248 e. The van der Waals surface area contributed by atoms with E-state index in [2.05, 4.69) is 5.32 Å². The van der Waals surface area contributed by atoms with Crippen molar-refractivity contribution in [1.29, 1.82) is 0 Å². The van der Waals surface area contributed by atoms with Crippen molar-refractivity contribution in [1.82, 2.24) is 4.90 Å². The lowest BCUT2D eigenvalue weighted by Crippen LogP contribution is -2.39. The number of benzene rings is 1. The van der Waals surface area contributed by atoms with E-state index in [9.17, 15) is 9.59 Å². The van der Waals surface area contributed by atoms with E-state index in [0.717, 1.165) is 36.4 Å². The predicted octanol–water partition coefficient (Wildman–Crippen LogP) is 2.50. The van der Waals surface area contributed by atoms with Gasteiger partial charge in [-0.15, -0.1) is 0 Å². The van der Waals surface area contributed by atoms with Gasteiger partial charge in [0.2, 0.25) is 11.8 Å². The fourth-order valence-corrected chi connectivity index (χ4v) is 3.22. The molecular weight excluding hydrogens is 358 g/mol. The molecule has 0 aliphatic carbocycles. The van der Waals surface area contributed by atoms with Crippen LogP contribution >= 0.6 is 0 Å². The summed E-state index contributed by atoms with van der Waals surface area (Å²) < 4.78 is 10.8. The Morgan fingerprint density at radius 1 is 1.32 bits per heavy atom. The zero-order valence-corrected chi connectivity index (χ0v) is 17.7. The van der Waals surface area contributed by atoms with Crippen molar-refractivity contribution in [3.05, 3.63) is 23.8 Å². The number of carbonyl (C=O) groups excluding carboxylic acids is 2. The largest absolute Gasteiger partial charge is 0.377 e. The van der Waals surface area contributed by atoms with E-state index in [1.807, 2.05) is 51.0 Å². The minimum atomic E-state index is -0.101. The lowest BCUT2D eigenvalue weighted by atomic mass is 10.1. The van der Waals surface area contributed by atoms with Gasteiger partial charge in [-0.3, -0.25) is 9.59 Å². The quantitative estimate of drug-likeness (QED) is 0.700. The summed E-state index contributed by atoms with van der Waals surface area (Å²) in [5.74, 6) is -0.203. The molecule has 7 nitrogen and oxygen atoms in total. The van der Waals surface area contributed by atoms with Gasteiger partial charge < -0.3 is 24.6 Å². The van der Waals surface area contributed by atoms with Crippen LogP contribution in [-0.2, 0) is 25.6 Å². The second-order valence-electron chi connectivity index (χ2n) is 7.72. The number of rotatable bonds is 9. The molecule has 1 fully saturated rings. The fourth-order valence-electron chi connectivity index (χ4n) is 3.22. The van der Waals surface area contributed by atoms with Crippen LogP contribution in [0, 0.1) is 5.92 Å². The molecule has 0 aromatic heterocycles. The molecule has 1 atom stereocenters. The molecule has 0 radical (unpaired) electrons. The molecule has 1 heterocycles. The summed E-state index contributed by atoms with van der Waals surface area (Å²) in [6.07, 6.45) is 2.05. The zero-order chi connectivity index (χ0) is 20.7. The van der Waals surface area contributed by atoms with Crippen LogP contribution < -0.4 is 10.2 Å². The SMILES string of the molecule is COCC(=O)N(Cc1cc(NC(=O)C(C)C)ccc1N(C)C)C[C@@H]1CCCO1. The Kier molecular flexibility index (Phi) is 8.26. The highest BCUT2D eigenvalue weighted by atomic mass is 16.5. The van der Waals surface area contributed by atoms with Gasteiger partial charge in [0, 0.05) is 58.2 Å². The third-order valence-corrected chi connectivity index (χ3v) is 4.78. The number of anilines is 2. The summed E-state index contributed by atoms with van der Waals surface area (Å²) in [6.45, 7) is 5.47. The van der Waals surface area contributed by atoms with E-state index in [1.165, 1.54) is 7.11 Å². The van der Waals surface area contributed by atoms with E-state index in [1.54, 1.807) is 4.90 Å². The third kappa shape index (κ3) is 6.21. The lowest BCUT2D eigenvalue weighted by molar-refractivity contribution is -0.137. The molecule has 1 aliphatic heterocycles. The van der Waals surface area contributed by atoms with Gasteiger partial charge >= 0.3 is 0 Å². The lowest BCUT2D eigenvalue weighted by Gasteiger charge is -2.28. The molecular formula is C21H33N3O4. The maximum atomic E-state index is 12.6. The first-order chi connectivity index (χ1) is 13.3. The summed E-state index contributed by atoms with van der Waals surface area (Å²) >= 11 is 0. The van der Waals surface area contributed by atoms with Gasteiger partial charge in [-0.25, -0.2) is 0 Å². The molecule has 1 aliphatic rings. The van der Waals surface area contributed by atoms with Crippen molar-refractivity contribution in [2.45, 2.75) is 39.3 Å². The first-order valence-corrected chi connectivity index (χ1v) is 9.81. The molecule has 1 aromatic rings. The van der Waals surface area contributed by atoms with E-state index < -0.39 is 0 Å². The molecule has 0 spiro atoms. The molecule has 7 heteroatoms. The Morgan fingerprint density at radius 2 is 2.07 bits per heavy atom. The summed E-state index contributed by atoms with van der Waals surface area (Å²) in [5, 5.41) is 2.94. The Balaban J connectivity index is 2.25. The van der Waals surface area contributed by atoms with Crippen molar-refractivity contribution in [2.24, 2.45) is 5.92 Å². The van der Waals surface area contributed by atoms with E-state index in [-0.39, 0.29) is 30.4 Å². The van der Waals surface area contributed by atoms with Gasteiger partial charge in [-0.1, -0.05) is 13.8 Å². The van der Waals surface area contributed by atoms with Crippen molar-refractivity contribution in [3.8, 4) is 0 Å². The highest BCUT2D eigenvalue weighted by molar-refractivity contribution is 5.92. The molecule has 1 N–H and O–H groups in total. The zero-order valence-electron chi connectivity index (χ0n) is 17.7. The van der Waals surface area contributed by atoms with Gasteiger partial charge in [0.25, 0.3) is 0 Å². The van der Waals surface area contributed by atoms with Crippen LogP contribution in [-0.4, -0.2) is 63.8 Å². The molecule has 1 aromatic carbocycles. The first kappa shape index (κ1) is 22.2. The summed E-state index contributed by atoms with van der Waals surface area (Å²) in [4.78, 5) is 28.5. The number of methoxy groups -OCH3 is 1. The van der Waals surface area contributed by atoms with Crippen molar-refractivity contribution in [2.75, 3.05) is 51.2 Å². The van der Waals surface area contributed by atoms with Gasteiger partial charge in [0.1, 0.15) is 6.61 Å². The minimum absolute atomic E-state index is 0.0322. The van der Waals surface area contributed by atoms with E-state index in [0.29, 0.717) is 13.1 Å². The molecule has 2 rings (SSSR count). The van der Waals surface area contributed by atoms with Crippen LogP contribution in [0.3, 0.4) is 0 Å². The summed E-state index contributed by atoms with van der Waals surface area (Å²) in [5.41, 5.74) is 2.70. The molecule has 1 saturated heterocycles. The normalized spacial score (nSPS) is 16.3. The molecule has 0 unspecified atom stereocenters. The molecule has 156 valence electrons. The van der Waals surface area contributed by atoms with Gasteiger partial charge in [0.05, 0.1) is 6.10 Å². The monoisotopic (exact) mass is 391 g/mol. The average molecular weight is 392 g/mol. The number of nitrogens with zero attached hydrogens (tertiary/aromatic N) is 2. The molecule has 28 heavy (non-hydrogen) atoms. The van der Waals surface area contributed by atoms with Crippen molar-refractivity contribution in [3.63, 3.8) is 0 Å². The third-order valence-electron chi connectivity index (χ3n) is 4.78. The van der Waals surface area contributed by atoms with Crippen LogP contribution in [0.15, 0.2) is 18.2 Å². The standard InChI is InChI=1S/C21H33N3O4/c1-15(2)21(26)22-17-8-9-19(23(3)4)16(11-17)12-24(20(25)14-27-5)13-18-7-6-10-28-18/h8-9,11,15,18H,6-7,10,12-14H2,1-5H3,(H,22,26)/t18-/m0/s1. The van der Waals surface area contributed by atoms with Crippen molar-refractivity contribution >= 4 is 23.2 Å². The number of hydrogen-bond acceptors (Lipinski definition) is 5. The average Bonchev–Trinajstić information content (AvgIpc) is 3.14. The van der Waals surface area contributed by atoms with Crippen LogP contribution in [0.5, 0.6) is 0 Å². The van der Waals surface area contributed by atoms with E-state index in [4.69, 9.17) is 9.47 Å². The van der Waals surface area contributed by atoms with Crippen LogP contribution in [0.2, 0.25) is 0 Å². The second-order valence-corrected chi connectivity index (χ2v) is 7.72. The Labute approximate surface area is 168 Å². The molecule has 2 amide bonds. The van der Waals surface area contributed by atoms with E-state index >= 15 is 0 Å². The van der Waals surface area contributed by atoms with Crippen LogP contribution in [0.4, 0.5) is 11.4 Å². The number of nitrogens with one attached hydrogen (secondary N) is 1. The van der Waals surface area contributed by atoms with Crippen LogP contribution in [0.25, 0.3) is 0 Å². The van der Waals surface area contributed by atoms with Gasteiger partial charge in [-0.2, -0.15) is 0 Å². The number of amides is 2. The molecule has 0 saturated carbocycles. The highest BCUT2D eigenvalue weighted by Crippen LogP contribution is 2.26. The molecule has 0 bridgehead atoms. The summed E-state index contributed by atoms with van der Waals surface area (Å²) in [6, 6.07) is 5.80. The maximum Gasteiger partial charge on any atom is 0.248 e. The second kappa shape index (κ2) is 10.4. The topological polar surface area (TPSA) is 71.1 Å². The maximum absolute atomic E-state index is 12.6. The number of ether oxygens (including phenoxy) is 2. The Hall–Kier alpha value is -2.12. The first-order valence-electron chi connectivity index (χ1n) is 9.81.